The summed E-state index contributed by atoms with van der Waals surface area (Å²) in [7, 11) is 0. The first-order valence-corrected chi connectivity index (χ1v) is 30.7. The Morgan fingerprint density at radius 1 is 0.494 bits per heavy atom. The van der Waals surface area contributed by atoms with Crippen LogP contribution in [0.1, 0.15) is 92.4 Å². The number of rotatable bonds is 14. The topological polar surface area (TPSA) is 431 Å². The highest BCUT2D eigenvalue weighted by Crippen LogP contribution is 2.70. The predicted octanol–water partition coefficient (Wildman–Crippen LogP) is -4.88. The summed E-state index contributed by atoms with van der Waals surface area (Å²) in [5, 5.41) is 164. The molecular weight excluding hydrogens is 1130 g/mol. The molecule has 7 heterocycles. The molecule has 85 heavy (non-hydrogen) atoms. The van der Waals surface area contributed by atoms with Crippen LogP contribution in [0.2, 0.25) is 0 Å². The molecule has 11 rings (SSSR count). The zero-order valence-corrected chi connectivity index (χ0v) is 48.5. The van der Waals surface area contributed by atoms with Crippen molar-refractivity contribution in [3.8, 4) is 0 Å². The van der Waals surface area contributed by atoms with Gasteiger partial charge in [-0.1, -0.05) is 27.7 Å². The van der Waals surface area contributed by atoms with Crippen LogP contribution in [0.15, 0.2) is 0 Å². The van der Waals surface area contributed by atoms with Gasteiger partial charge in [0.25, 0.3) is 0 Å². The second kappa shape index (κ2) is 25.2. The average Bonchev–Trinajstić information content (AvgIpc) is 1.61. The van der Waals surface area contributed by atoms with Crippen molar-refractivity contribution in [2.75, 3.05) is 33.0 Å². The van der Waals surface area contributed by atoms with E-state index in [4.69, 9.17) is 56.8 Å². The molecule has 15 N–H and O–H groups in total. The van der Waals surface area contributed by atoms with Crippen molar-refractivity contribution in [2.24, 2.45) is 52.3 Å². The van der Waals surface area contributed by atoms with Crippen molar-refractivity contribution >= 4 is 5.78 Å². The number of hydrogen-bond acceptors (Lipinski definition) is 28. The van der Waals surface area contributed by atoms with Gasteiger partial charge in [-0.25, -0.2) is 0 Å². The van der Waals surface area contributed by atoms with Gasteiger partial charge in [0.1, 0.15) is 122 Å². The molecular formula is C57H92O28. The first-order chi connectivity index (χ1) is 40.3. The number of aliphatic hydroxyl groups is 15. The Balaban J connectivity index is 0.779. The van der Waals surface area contributed by atoms with Crippen molar-refractivity contribution in [1.29, 1.82) is 0 Å². The number of carbonyl (C=O) groups excluding carboxylic acids is 1. The smallest absolute Gasteiger partial charge is 0.187 e. The highest BCUT2D eigenvalue weighted by molar-refractivity contribution is 5.87. The van der Waals surface area contributed by atoms with E-state index >= 15 is 0 Å². The summed E-state index contributed by atoms with van der Waals surface area (Å²) < 4.78 is 73.3. The number of fused-ring (bicyclic) bond motifs is 7. The molecule has 11 aliphatic rings. The second-order valence-corrected chi connectivity index (χ2v) is 27.0. The van der Waals surface area contributed by atoms with Crippen molar-refractivity contribution in [3.63, 3.8) is 0 Å². The molecule has 1 unspecified atom stereocenters. The Bertz CT molecular complexity index is 2260. The summed E-state index contributed by atoms with van der Waals surface area (Å²) in [4.78, 5) is 14.8. The molecule has 0 bridgehead atoms. The summed E-state index contributed by atoms with van der Waals surface area (Å²) >= 11 is 0. The maximum Gasteiger partial charge on any atom is 0.187 e. The highest BCUT2D eigenvalue weighted by Gasteiger charge is 2.72. The summed E-state index contributed by atoms with van der Waals surface area (Å²) in [6.07, 6.45) is -39.3. The third-order valence-corrected chi connectivity index (χ3v) is 22.3. The lowest BCUT2D eigenvalue weighted by molar-refractivity contribution is -0.410. The van der Waals surface area contributed by atoms with Crippen LogP contribution in [0.4, 0.5) is 0 Å². The molecule has 488 valence electrons. The van der Waals surface area contributed by atoms with Crippen LogP contribution < -0.4 is 0 Å². The first-order valence-electron chi connectivity index (χ1n) is 30.7. The fraction of sp³-hybridized carbons (Fsp3) is 0.982. The normalized spacial score (nSPS) is 57.2. The second-order valence-electron chi connectivity index (χ2n) is 27.0. The highest BCUT2D eigenvalue weighted by atomic mass is 16.8. The van der Waals surface area contributed by atoms with E-state index in [1.54, 1.807) is 0 Å². The quantitative estimate of drug-likeness (QED) is 0.0725. The molecule has 4 saturated carbocycles. The molecule has 28 nitrogen and oxygen atoms in total. The molecule has 1 spiro atoms. The minimum absolute atomic E-state index is 0.0374. The van der Waals surface area contributed by atoms with Crippen molar-refractivity contribution in [3.05, 3.63) is 0 Å². The zero-order chi connectivity index (χ0) is 61.1. The standard InChI is InChI=1S/C57H92O28/c1-20-8-11-57(74-19-20)21(2)34-28(85-57)13-27-25-7-6-23-12-24(9-10-55(23,4)26(25)14-33(62)56(27,34)5)76-51-44(72)40(68)47(32(18-61)79-51)82-54-49(84-52-43(71)39(67)36(64)29(15-58)77-52)48(37(65)30(16-59)78-54)83-53-45(73)41(69)46(31(17-60)80-53)81-50-42(70)38(66)35(63)22(3)75-50/h20-32,34-54,58-61,63-73H,6-19H2,1-5H3/t20-,21+,22+,23+,24+,25-,26+,27+,28+,29-,30-,31-,32-,34+,35+,36-,37-,38-,39+,40-,41-,42-,43-,44-,45-,46-,47+,48+,49-,50+,51-,52+,53+,54+,55+,56-,57?/m1/s1. The number of Topliss-reactive ketones (excluding diaryl/α,β-unsaturated/α-hetero) is 1. The zero-order valence-electron chi connectivity index (χ0n) is 48.5. The summed E-state index contributed by atoms with van der Waals surface area (Å²) in [6.45, 7) is 7.21. The van der Waals surface area contributed by atoms with E-state index in [1.807, 2.05) is 0 Å². The maximum atomic E-state index is 14.8. The Kier molecular flexibility index (Phi) is 19.3. The molecule has 0 radical (unpaired) electrons. The third-order valence-electron chi connectivity index (χ3n) is 22.3. The molecule has 7 aliphatic heterocycles. The maximum absolute atomic E-state index is 14.8. The van der Waals surface area contributed by atoms with Gasteiger partial charge >= 0.3 is 0 Å². The van der Waals surface area contributed by atoms with E-state index in [0.29, 0.717) is 43.5 Å². The van der Waals surface area contributed by atoms with Crippen LogP contribution >= 0.6 is 0 Å². The molecule has 37 atom stereocenters. The minimum atomic E-state index is -2.17. The SMILES string of the molecule is C[C@@H]1CCC2(OC1)O[C@H]1C[C@H]3[C@@H]4CC[C@H]5C[C@@H](O[C@@H]6O[C@H](CO)[C@H](O[C@@H]7O[C@H](CO)[C@@H](O)[C@H](O[C@@H]8O[C@H](CO)[C@@H](O[C@@H]9O[C@@H](C)[C@H](O)[C@@H](O)[C@H]9O)[C@H](O)[C@H]8O)[C@H]7O[C@@H]7O[C@H](CO)[C@@H](O)[C@H](O)[C@H]7O)[C@H](O)[C@H]6O)CC[C@]5(C)[C@H]4CC(=O)[C@]3(C)[C@H]1[C@@H]2C. The van der Waals surface area contributed by atoms with Crippen LogP contribution in [-0.2, 0) is 61.6 Å². The first kappa shape index (κ1) is 65.1. The molecule has 0 aromatic rings. The lowest BCUT2D eigenvalue weighted by Crippen LogP contribution is -2.69. The van der Waals surface area contributed by atoms with Crippen molar-refractivity contribution < 1.29 is 138 Å². The molecule has 7 saturated heterocycles. The predicted molar refractivity (Wildman–Crippen MR) is 280 cm³/mol. The minimum Gasteiger partial charge on any atom is -0.394 e. The summed E-state index contributed by atoms with van der Waals surface area (Å²) in [5.41, 5.74) is -0.698. The van der Waals surface area contributed by atoms with Crippen LogP contribution in [-0.4, -0.2) is 287 Å². The number of ketones is 1. The van der Waals surface area contributed by atoms with Crippen LogP contribution in [0.5, 0.6) is 0 Å². The number of aliphatic hydroxyl groups excluding tert-OH is 15. The van der Waals surface area contributed by atoms with Gasteiger partial charge in [-0.3, -0.25) is 4.79 Å². The van der Waals surface area contributed by atoms with E-state index in [-0.39, 0.29) is 41.1 Å². The van der Waals surface area contributed by atoms with Crippen molar-refractivity contribution in [2.45, 2.75) is 264 Å². The number of ether oxygens (including phenoxy) is 12. The van der Waals surface area contributed by atoms with E-state index in [2.05, 4.69) is 27.7 Å². The van der Waals surface area contributed by atoms with E-state index in [1.165, 1.54) is 6.92 Å². The van der Waals surface area contributed by atoms with Gasteiger partial charge in [-0.15, -0.1) is 0 Å². The summed E-state index contributed by atoms with van der Waals surface area (Å²) in [6, 6.07) is 0. The van der Waals surface area contributed by atoms with Gasteiger partial charge in [0.15, 0.2) is 37.2 Å². The van der Waals surface area contributed by atoms with Gasteiger partial charge in [0.05, 0.1) is 51.3 Å². The largest absolute Gasteiger partial charge is 0.394 e. The van der Waals surface area contributed by atoms with Crippen LogP contribution in [0.3, 0.4) is 0 Å². The number of carbonyl (C=O) groups is 1. The third kappa shape index (κ3) is 11.2. The van der Waals surface area contributed by atoms with E-state index in [9.17, 15) is 81.4 Å². The molecule has 0 aromatic heterocycles. The molecule has 28 heteroatoms. The monoisotopic (exact) mass is 1220 g/mol. The van der Waals surface area contributed by atoms with E-state index < -0.39 is 197 Å². The van der Waals surface area contributed by atoms with Crippen molar-refractivity contribution in [1.82, 2.24) is 0 Å². The fourth-order valence-corrected chi connectivity index (χ4v) is 17.3. The summed E-state index contributed by atoms with van der Waals surface area (Å²) in [5.74, 6) is 1.14. The molecule has 11 fully saturated rings. The van der Waals surface area contributed by atoms with Gasteiger partial charge in [0.2, 0.25) is 0 Å². The van der Waals surface area contributed by atoms with E-state index in [0.717, 1.165) is 38.5 Å². The number of hydrogen-bond donors (Lipinski definition) is 15. The average molecular weight is 1230 g/mol. The Morgan fingerprint density at radius 3 is 1.61 bits per heavy atom. The van der Waals surface area contributed by atoms with Gasteiger partial charge < -0.3 is 133 Å². The molecule has 4 aliphatic carbocycles. The van der Waals surface area contributed by atoms with Gasteiger partial charge in [-0.2, -0.15) is 0 Å². The molecule has 0 aromatic carbocycles. The van der Waals surface area contributed by atoms with Crippen LogP contribution in [0.25, 0.3) is 0 Å². The molecule has 0 amide bonds. The Hall–Kier alpha value is -1.41. The van der Waals surface area contributed by atoms with Gasteiger partial charge in [-0.05, 0) is 86.9 Å². The Labute approximate surface area is 492 Å². The Morgan fingerprint density at radius 2 is 1.01 bits per heavy atom. The fourth-order valence-electron chi connectivity index (χ4n) is 17.3. The lowest BCUT2D eigenvalue weighted by atomic mass is 9.44. The lowest BCUT2D eigenvalue weighted by Gasteiger charge is -2.60. The van der Waals surface area contributed by atoms with Gasteiger partial charge in [0, 0.05) is 30.1 Å². The van der Waals surface area contributed by atoms with Crippen LogP contribution in [0, 0.1) is 52.3 Å².